The maximum atomic E-state index is 12.4. The average Bonchev–Trinajstić information content (AvgIpc) is 2.34. The van der Waals surface area contributed by atoms with Crippen LogP contribution in [0.1, 0.15) is 26.7 Å². The number of fused-ring (bicyclic) bond motifs is 1. The van der Waals surface area contributed by atoms with Crippen LogP contribution >= 0.6 is 28.3 Å². The molecule has 0 spiro atoms. The lowest BCUT2D eigenvalue weighted by molar-refractivity contribution is -0.225. The van der Waals surface area contributed by atoms with Gasteiger partial charge in [-0.05, 0) is 12.8 Å². The third-order valence-corrected chi connectivity index (χ3v) is 4.78. The molecule has 0 bridgehead atoms. The average molecular weight is 354 g/mol. The summed E-state index contributed by atoms with van der Waals surface area (Å²) in [6.45, 7) is 8.93. The Bertz CT molecular complexity index is 389. The van der Waals surface area contributed by atoms with Crippen LogP contribution in [0.3, 0.4) is 0 Å². The molecule has 19 heavy (non-hydrogen) atoms. The van der Waals surface area contributed by atoms with Crippen LogP contribution < -0.4 is 11.1 Å². The van der Waals surface area contributed by atoms with Gasteiger partial charge in [0, 0.05) is 29.0 Å². The lowest BCUT2D eigenvalue weighted by atomic mass is 9.46. The number of carbonyl (C=O) groups excluding carboxylic acids is 1. The Labute approximate surface area is 129 Å². The van der Waals surface area contributed by atoms with Gasteiger partial charge in [-0.3, -0.25) is 4.79 Å². The van der Waals surface area contributed by atoms with Gasteiger partial charge in [0.2, 0.25) is 5.91 Å². The molecule has 1 aliphatic carbocycles. The number of amides is 1. The summed E-state index contributed by atoms with van der Waals surface area (Å²) < 4.78 is 6.52. The van der Waals surface area contributed by atoms with Gasteiger partial charge in [0.15, 0.2) is 0 Å². The lowest BCUT2D eigenvalue weighted by Crippen LogP contribution is -2.82. The second-order valence-corrected chi connectivity index (χ2v) is 6.95. The molecule has 2 fully saturated rings. The molecule has 1 heterocycles. The molecular formula is C13H22BrClN2O2. The minimum atomic E-state index is -0.833. The molecule has 0 aromatic carbocycles. The molecule has 0 aromatic rings. The first-order valence-corrected chi connectivity index (χ1v) is 7.13. The molecule has 2 aliphatic rings. The van der Waals surface area contributed by atoms with E-state index in [2.05, 4.69) is 27.8 Å². The molecule has 1 aliphatic heterocycles. The largest absolute Gasteiger partial charge is 0.377 e. The summed E-state index contributed by atoms with van der Waals surface area (Å²) in [5.41, 5.74) is 5.27. The highest BCUT2D eigenvalue weighted by molar-refractivity contribution is 9.11. The van der Waals surface area contributed by atoms with Crippen molar-refractivity contribution in [1.82, 2.24) is 5.32 Å². The molecule has 1 saturated carbocycles. The zero-order chi connectivity index (χ0) is 13.6. The van der Waals surface area contributed by atoms with Gasteiger partial charge in [-0.2, -0.15) is 0 Å². The topological polar surface area (TPSA) is 64.4 Å². The fourth-order valence-electron chi connectivity index (χ4n) is 3.36. The van der Waals surface area contributed by atoms with Crippen LogP contribution in [0.25, 0.3) is 0 Å². The molecule has 3 atom stereocenters. The molecule has 2 rings (SSSR count). The van der Waals surface area contributed by atoms with Gasteiger partial charge in [0.05, 0.1) is 6.10 Å². The Morgan fingerprint density at radius 2 is 2.21 bits per heavy atom. The van der Waals surface area contributed by atoms with Crippen LogP contribution in [0.2, 0.25) is 0 Å². The van der Waals surface area contributed by atoms with E-state index in [4.69, 9.17) is 10.5 Å². The minimum Gasteiger partial charge on any atom is -0.377 e. The summed E-state index contributed by atoms with van der Waals surface area (Å²) >= 11 is 3.23. The first-order valence-electron chi connectivity index (χ1n) is 6.34. The molecule has 0 radical (unpaired) electrons. The highest BCUT2D eigenvalue weighted by Gasteiger charge is 2.70. The smallest absolute Gasteiger partial charge is 0.241 e. The SMILES string of the molecule is C=C(Br)CNC(=O)C1(N)C2CCCOC2C1(C)C.Cl. The fraction of sp³-hybridized carbons (Fsp3) is 0.769. The molecular weight excluding hydrogens is 332 g/mol. The normalized spacial score (nSPS) is 35.4. The Morgan fingerprint density at radius 1 is 1.58 bits per heavy atom. The van der Waals surface area contributed by atoms with E-state index in [0.29, 0.717) is 6.54 Å². The van der Waals surface area contributed by atoms with Gasteiger partial charge < -0.3 is 15.8 Å². The Hall–Kier alpha value is -0.100. The Balaban J connectivity index is 0.00000180. The van der Waals surface area contributed by atoms with Crippen molar-refractivity contribution in [3.8, 4) is 0 Å². The molecule has 1 amide bonds. The third kappa shape index (κ3) is 2.46. The van der Waals surface area contributed by atoms with Gasteiger partial charge in [0.1, 0.15) is 5.54 Å². The van der Waals surface area contributed by atoms with Crippen LogP contribution in [0.4, 0.5) is 0 Å². The summed E-state index contributed by atoms with van der Waals surface area (Å²) in [5.74, 6) is 0.0321. The Morgan fingerprint density at radius 3 is 2.79 bits per heavy atom. The van der Waals surface area contributed by atoms with Gasteiger partial charge in [-0.25, -0.2) is 0 Å². The first-order chi connectivity index (χ1) is 8.31. The maximum absolute atomic E-state index is 12.4. The van der Waals surface area contributed by atoms with Crippen molar-refractivity contribution in [2.45, 2.75) is 38.3 Å². The predicted octanol–water partition coefficient (Wildman–Crippen LogP) is 1.97. The van der Waals surface area contributed by atoms with E-state index in [1.165, 1.54) is 0 Å². The van der Waals surface area contributed by atoms with E-state index >= 15 is 0 Å². The van der Waals surface area contributed by atoms with E-state index in [1.54, 1.807) is 0 Å². The summed E-state index contributed by atoms with van der Waals surface area (Å²) in [7, 11) is 0. The summed E-state index contributed by atoms with van der Waals surface area (Å²) in [6, 6.07) is 0. The standard InChI is InChI=1S/C13H21BrN2O2.ClH/c1-8(14)7-16-11(17)13(15)9-5-4-6-18-10(9)12(13,2)3;/h9-10H,1,4-7,15H2,2-3H3,(H,16,17);1H. The second kappa shape index (κ2) is 5.72. The van der Waals surface area contributed by atoms with E-state index in [-0.39, 0.29) is 35.8 Å². The number of nitrogens with one attached hydrogen (secondary N) is 1. The van der Waals surface area contributed by atoms with E-state index < -0.39 is 5.54 Å². The van der Waals surface area contributed by atoms with Crippen LogP contribution in [0.15, 0.2) is 11.1 Å². The Kier molecular flexibility index (Phi) is 5.10. The summed E-state index contributed by atoms with van der Waals surface area (Å²) in [5, 5.41) is 2.85. The van der Waals surface area contributed by atoms with Crippen LogP contribution in [0, 0.1) is 11.3 Å². The molecule has 4 nitrogen and oxygen atoms in total. The third-order valence-electron chi connectivity index (χ3n) is 4.50. The van der Waals surface area contributed by atoms with Crippen molar-refractivity contribution in [3.05, 3.63) is 11.1 Å². The van der Waals surface area contributed by atoms with Crippen molar-refractivity contribution >= 4 is 34.2 Å². The number of halogens is 2. The van der Waals surface area contributed by atoms with E-state index in [1.807, 2.05) is 13.8 Å². The van der Waals surface area contributed by atoms with Crippen molar-refractivity contribution < 1.29 is 9.53 Å². The van der Waals surface area contributed by atoms with E-state index in [9.17, 15) is 4.79 Å². The van der Waals surface area contributed by atoms with Gasteiger partial charge >= 0.3 is 0 Å². The monoisotopic (exact) mass is 352 g/mol. The number of hydrogen-bond donors (Lipinski definition) is 2. The molecule has 3 unspecified atom stereocenters. The molecule has 110 valence electrons. The number of hydrogen-bond acceptors (Lipinski definition) is 3. The van der Waals surface area contributed by atoms with Crippen molar-refractivity contribution in [3.63, 3.8) is 0 Å². The second-order valence-electron chi connectivity index (χ2n) is 5.83. The highest BCUT2D eigenvalue weighted by Crippen LogP contribution is 2.57. The van der Waals surface area contributed by atoms with Crippen molar-refractivity contribution in [2.75, 3.05) is 13.2 Å². The van der Waals surface area contributed by atoms with Gasteiger partial charge in [-0.15, -0.1) is 12.4 Å². The fourth-order valence-corrected chi connectivity index (χ4v) is 3.50. The summed E-state index contributed by atoms with van der Waals surface area (Å²) in [6.07, 6.45) is 2.05. The van der Waals surface area contributed by atoms with Gasteiger partial charge in [-0.1, -0.05) is 36.4 Å². The molecule has 3 N–H and O–H groups in total. The molecule has 1 saturated heterocycles. The zero-order valence-electron chi connectivity index (χ0n) is 11.4. The number of nitrogens with two attached hydrogens (primary N) is 1. The highest BCUT2D eigenvalue weighted by atomic mass is 79.9. The number of rotatable bonds is 3. The quantitative estimate of drug-likeness (QED) is 0.815. The zero-order valence-corrected chi connectivity index (χ0v) is 13.8. The van der Waals surface area contributed by atoms with Crippen LogP contribution in [-0.2, 0) is 9.53 Å². The summed E-state index contributed by atoms with van der Waals surface area (Å²) in [4.78, 5) is 12.4. The molecule has 0 aromatic heterocycles. The number of carbonyl (C=O) groups is 1. The van der Waals surface area contributed by atoms with Crippen molar-refractivity contribution in [2.24, 2.45) is 17.1 Å². The number of ether oxygens (including phenoxy) is 1. The van der Waals surface area contributed by atoms with E-state index in [0.717, 1.165) is 23.9 Å². The van der Waals surface area contributed by atoms with Crippen LogP contribution in [0.5, 0.6) is 0 Å². The lowest BCUT2D eigenvalue weighted by Gasteiger charge is -2.65. The maximum Gasteiger partial charge on any atom is 0.241 e. The predicted molar refractivity (Wildman–Crippen MR) is 81.5 cm³/mol. The van der Waals surface area contributed by atoms with Crippen LogP contribution in [-0.4, -0.2) is 30.7 Å². The molecule has 6 heteroatoms. The minimum absolute atomic E-state index is 0. The van der Waals surface area contributed by atoms with Gasteiger partial charge in [0.25, 0.3) is 0 Å². The first kappa shape index (κ1) is 17.0. The van der Waals surface area contributed by atoms with Crippen molar-refractivity contribution in [1.29, 1.82) is 0 Å².